The number of carbonyl (C=O) groups excluding carboxylic acids is 3. The lowest BCUT2D eigenvalue weighted by Gasteiger charge is -2.42. The van der Waals surface area contributed by atoms with Gasteiger partial charge in [-0.1, -0.05) is 49.4 Å². The molecule has 40 heavy (non-hydrogen) atoms. The van der Waals surface area contributed by atoms with Gasteiger partial charge in [0.1, 0.15) is 11.6 Å². The number of hydrogen-bond acceptors (Lipinski definition) is 5. The number of aliphatic hydroxyl groups excluding tert-OH is 1. The van der Waals surface area contributed by atoms with Crippen LogP contribution in [0.1, 0.15) is 53.0 Å². The standard InChI is InChI=1S/C32H45N3O5/c1-8-16-33(21-23-14-11-10-12-15-23)27(37)24-25-28(38)34(18-13-19-36)26(29(39)35(17-9-2)30(4,5)6)32(25)20-22(3)31(24,7)40-32/h8-12,14-15,22,24-26,36H,1-2,13,16-21H2,3-7H3/t22?,24-,25-,26?,31+,32?/m0/s1. The van der Waals surface area contributed by atoms with Gasteiger partial charge in [-0.15, -0.1) is 13.2 Å². The monoisotopic (exact) mass is 551 g/mol. The van der Waals surface area contributed by atoms with Crippen molar-refractivity contribution in [1.82, 2.24) is 14.7 Å². The van der Waals surface area contributed by atoms with Crippen molar-refractivity contribution in [3.63, 3.8) is 0 Å². The quantitative estimate of drug-likeness (QED) is 0.426. The largest absolute Gasteiger partial charge is 0.396 e. The number of nitrogens with zero attached hydrogens (tertiary/aromatic N) is 3. The van der Waals surface area contributed by atoms with Crippen molar-refractivity contribution < 1.29 is 24.2 Å². The van der Waals surface area contributed by atoms with Crippen LogP contribution in [0.3, 0.4) is 0 Å². The summed E-state index contributed by atoms with van der Waals surface area (Å²) in [6.07, 6.45) is 4.22. The summed E-state index contributed by atoms with van der Waals surface area (Å²) in [6.45, 7) is 18.7. The molecule has 3 aliphatic rings. The minimum Gasteiger partial charge on any atom is -0.396 e. The van der Waals surface area contributed by atoms with E-state index in [1.165, 1.54) is 0 Å². The topological polar surface area (TPSA) is 90.4 Å². The lowest BCUT2D eigenvalue weighted by atomic mass is 9.62. The molecule has 3 amide bonds. The van der Waals surface area contributed by atoms with Gasteiger partial charge < -0.3 is 24.5 Å². The fourth-order valence-corrected chi connectivity index (χ4v) is 7.24. The summed E-state index contributed by atoms with van der Waals surface area (Å²) in [4.78, 5) is 48.2. The second-order valence-electron chi connectivity index (χ2n) is 12.7. The highest BCUT2D eigenvalue weighted by Crippen LogP contribution is 2.65. The van der Waals surface area contributed by atoms with E-state index in [2.05, 4.69) is 13.2 Å². The van der Waals surface area contributed by atoms with Crippen molar-refractivity contribution >= 4 is 17.7 Å². The van der Waals surface area contributed by atoms with Crippen LogP contribution in [0.25, 0.3) is 0 Å². The molecule has 6 atom stereocenters. The van der Waals surface area contributed by atoms with Crippen molar-refractivity contribution in [3.8, 4) is 0 Å². The third-order valence-corrected chi connectivity index (χ3v) is 9.14. The van der Waals surface area contributed by atoms with E-state index in [1.807, 2.05) is 65.0 Å². The predicted molar refractivity (Wildman–Crippen MR) is 154 cm³/mol. The molecule has 3 unspecified atom stereocenters. The molecule has 3 heterocycles. The Kier molecular flexibility index (Phi) is 8.35. The van der Waals surface area contributed by atoms with Crippen LogP contribution in [0.15, 0.2) is 55.6 Å². The number of likely N-dealkylation sites (tertiary alicyclic amines) is 1. The maximum atomic E-state index is 14.4. The highest BCUT2D eigenvalue weighted by atomic mass is 16.5. The number of hydrogen-bond donors (Lipinski definition) is 1. The van der Waals surface area contributed by atoms with Crippen molar-refractivity contribution in [1.29, 1.82) is 0 Å². The number of fused-ring (bicyclic) bond motifs is 1. The molecule has 0 aliphatic carbocycles. The van der Waals surface area contributed by atoms with Crippen LogP contribution in [0.2, 0.25) is 0 Å². The zero-order valence-electron chi connectivity index (χ0n) is 24.6. The van der Waals surface area contributed by atoms with Crippen LogP contribution >= 0.6 is 0 Å². The van der Waals surface area contributed by atoms with Gasteiger partial charge in [-0.25, -0.2) is 0 Å². The van der Waals surface area contributed by atoms with Crippen molar-refractivity contribution in [2.45, 2.75) is 76.8 Å². The summed E-state index contributed by atoms with van der Waals surface area (Å²) in [5.41, 5.74) is -1.57. The smallest absolute Gasteiger partial charge is 0.249 e. The normalized spacial score (nSPS) is 30.8. The molecular formula is C32H45N3O5. The number of ether oxygens (including phenoxy) is 1. The predicted octanol–water partition coefficient (Wildman–Crippen LogP) is 3.41. The molecule has 1 N–H and O–H groups in total. The molecule has 8 heteroatoms. The Bertz CT molecular complexity index is 1150. The molecule has 0 radical (unpaired) electrons. The second-order valence-corrected chi connectivity index (χ2v) is 12.7. The lowest BCUT2D eigenvalue weighted by Crippen LogP contribution is -2.60. The molecule has 3 saturated heterocycles. The Balaban J connectivity index is 1.80. The highest BCUT2D eigenvalue weighted by Gasteiger charge is 2.80. The Labute approximate surface area is 238 Å². The molecule has 1 aromatic carbocycles. The van der Waals surface area contributed by atoms with Crippen LogP contribution < -0.4 is 0 Å². The molecule has 218 valence electrons. The van der Waals surface area contributed by atoms with E-state index in [1.54, 1.807) is 26.9 Å². The summed E-state index contributed by atoms with van der Waals surface area (Å²) >= 11 is 0. The van der Waals surface area contributed by atoms with Crippen LogP contribution in [0.5, 0.6) is 0 Å². The van der Waals surface area contributed by atoms with Crippen LogP contribution in [-0.4, -0.2) is 86.6 Å². The first-order chi connectivity index (χ1) is 18.9. The third kappa shape index (κ3) is 4.79. The number of carbonyl (C=O) groups is 3. The van der Waals surface area contributed by atoms with Gasteiger partial charge in [0.15, 0.2) is 0 Å². The Morgan fingerprint density at radius 3 is 2.38 bits per heavy atom. The van der Waals surface area contributed by atoms with Gasteiger partial charge in [0, 0.05) is 38.3 Å². The summed E-state index contributed by atoms with van der Waals surface area (Å²) in [5, 5.41) is 9.64. The number of aliphatic hydroxyl groups is 1. The zero-order chi connectivity index (χ0) is 29.5. The molecule has 0 saturated carbocycles. The SMILES string of the molecule is C=CCN(Cc1ccccc1)C(=O)[C@@H]1[C@H]2C(=O)N(CCCO)C(C(=O)N(CC=C)C(C)(C)C)C23CC(C)[C@@]1(C)O3. The molecule has 1 spiro atoms. The first kappa shape index (κ1) is 30.0. The minimum absolute atomic E-state index is 0.0524. The molecule has 2 bridgehead atoms. The summed E-state index contributed by atoms with van der Waals surface area (Å²) in [5.74, 6) is -2.20. The Hall–Kier alpha value is -2.97. The van der Waals surface area contributed by atoms with E-state index in [0.717, 1.165) is 5.56 Å². The maximum Gasteiger partial charge on any atom is 0.249 e. The van der Waals surface area contributed by atoms with Crippen molar-refractivity contribution in [3.05, 3.63) is 61.2 Å². The molecule has 0 aromatic heterocycles. The molecule has 8 nitrogen and oxygen atoms in total. The van der Waals surface area contributed by atoms with Gasteiger partial charge in [-0.2, -0.15) is 0 Å². The van der Waals surface area contributed by atoms with Gasteiger partial charge in [0.05, 0.1) is 17.4 Å². The fraction of sp³-hybridized carbons (Fsp3) is 0.594. The number of rotatable bonds is 11. The molecule has 3 fully saturated rings. The average molecular weight is 552 g/mol. The van der Waals surface area contributed by atoms with E-state index >= 15 is 0 Å². The summed E-state index contributed by atoms with van der Waals surface area (Å²) in [6, 6.07) is 8.86. The Morgan fingerprint density at radius 1 is 1.15 bits per heavy atom. The van der Waals surface area contributed by atoms with Gasteiger partial charge in [-0.3, -0.25) is 14.4 Å². The third-order valence-electron chi connectivity index (χ3n) is 9.14. The average Bonchev–Trinajstić information content (AvgIpc) is 3.41. The van der Waals surface area contributed by atoms with Gasteiger partial charge in [0.2, 0.25) is 17.7 Å². The van der Waals surface area contributed by atoms with E-state index in [-0.39, 0.29) is 36.8 Å². The van der Waals surface area contributed by atoms with Crippen LogP contribution in [0.4, 0.5) is 0 Å². The Morgan fingerprint density at radius 2 is 1.80 bits per heavy atom. The fourth-order valence-electron chi connectivity index (χ4n) is 7.24. The first-order valence-electron chi connectivity index (χ1n) is 14.3. The van der Waals surface area contributed by atoms with Crippen LogP contribution in [0, 0.1) is 17.8 Å². The minimum atomic E-state index is -1.13. The maximum absolute atomic E-state index is 14.4. The molecule has 4 rings (SSSR count). The van der Waals surface area contributed by atoms with Crippen LogP contribution in [-0.2, 0) is 25.7 Å². The van der Waals surface area contributed by atoms with E-state index in [9.17, 15) is 19.5 Å². The van der Waals surface area contributed by atoms with Gasteiger partial charge in [-0.05, 0) is 52.0 Å². The highest BCUT2D eigenvalue weighted by molar-refractivity contribution is 5.99. The number of amides is 3. The van der Waals surface area contributed by atoms with Crippen molar-refractivity contribution in [2.24, 2.45) is 17.8 Å². The molecule has 3 aliphatic heterocycles. The first-order valence-corrected chi connectivity index (χ1v) is 14.3. The lowest BCUT2D eigenvalue weighted by molar-refractivity contribution is -0.157. The molecule has 1 aromatic rings. The summed E-state index contributed by atoms with van der Waals surface area (Å²) < 4.78 is 6.88. The van der Waals surface area contributed by atoms with E-state index in [0.29, 0.717) is 32.5 Å². The van der Waals surface area contributed by atoms with E-state index < -0.39 is 34.6 Å². The van der Waals surface area contributed by atoms with Gasteiger partial charge >= 0.3 is 0 Å². The number of benzene rings is 1. The zero-order valence-corrected chi connectivity index (χ0v) is 24.6. The van der Waals surface area contributed by atoms with Crippen molar-refractivity contribution in [2.75, 3.05) is 26.2 Å². The van der Waals surface area contributed by atoms with Gasteiger partial charge in [0.25, 0.3) is 0 Å². The second kappa shape index (κ2) is 11.1. The molecular weight excluding hydrogens is 506 g/mol. The van der Waals surface area contributed by atoms with E-state index in [4.69, 9.17) is 4.74 Å². The summed E-state index contributed by atoms with van der Waals surface area (Å²) in [7, 11) is 0.